The van der Waals surface area contributed by atoms with E-state index in [1.165, 1.54) is 0 Å². The second kappa shape index (κ2) is 8.37. The van der Waals surface area contributed by atoms with Gasteiger partial charge in [-0.2, -0.15) is 0 Å². The van der Waals surface area contributed by atoms with Gasteiger partial charge in [-0.15, -0.1) is 0 Å². The van der Waals surface area contributed by atoms with Crippen molar-refractivity contribution in [2.45, 2.75) is 6.42 Å². The van der Waals surface area contributed by atoms with Crippen molar-refractivity contribution in [2.24, 2.45) is 0 Å². The van der Waals surface area contributed by atoms with Crippen molar-refractivity contribution in [1.29, 1.82) is 0 Å². The van der Waals surface area contributed by atoms with E-state index in [1.807, 2.05) is 30.3 Å². The standard InChI is InChI=1S/C23H18ClNO4/c24-17-8-6-16(7-9-17)23(27)25-19-14-22-21(28-10-11-29-22)13-18(19)20(26)12-15-4-2-1-3-5-15/h1-9,13-14H,10-12H2,(H,25,27). The first-order chi connectivity index (χ1) is 14.1. The molecule has 1 amide bonds. The summed E-state index contributed by atoms with van der Waals surface area (Å²) < 4.78 is 11.2. The van der Waals surface area contributed by atoms with Gasteiger partial charge < -0.3 is 14.8 Å². The topological polar surface area (TPSA) is 64.6 Å². The van der Waals surface area contributed by atoms with Crippen LogP contribution in [0.2, 0.25) is 5.02 Å². The highest BCUT2D eigenvalue weighted by Gasteiger charge is 2.21. The highest BCUT2D eigenvalue weighted by atomic mass is 35.5. The highest BCUT2D eigenvalue weighted by molar-refractivity contribution is 6.30. The Balaban J connectivity index is 1.66. The first-order valence-electron chi connectivity index (χ1n) is 9.18. The minimum Gasteiger partial charge on any atom is -0.486 e. The molecule has 3 aromatic carbocycles. The molecular weight excluding hydrogens is 390 g/mol. The van der Waals surface area contributed by atoms with Crippen molar-refractivity contribution >= 4 is 29.0 Å². The molecular formula is C23H18ClNO4. The van der Waals surface area contributed by atoms with E-state index in [0.717, 1.165) is 5.56 Å². The minimum atomic E-state index is -0.341. The van der Waals surface area contributed by atoms with Crippen LogP contribution in [0.5, 0.6) is 11.5 Å². The normalized spacial score (nSPS) is 12.3. The lowest BCUT2D eigenvalue weighted by Crippen LogP contribution is -2.19. The van der Waals surface area contributed by atoms with Crippen LogP contribution in [0.4, 0.5) is 5.69 Å². The van der Waals surface area contributed by atoms with Crippen LogP contribution in [0, 0.1) is 0 Å². The average Bonchev–Trinajstić information content (AvgIpc) is 2.74. The lowest BCUT2D eigenvalue weighted by atomic mass is 10.0. The Bertz CT molecular complexity index is 1050. The Morgan fingerprint density at radius 2 is 1.55 bits per heavy atom. The first-order valence-corrected chi connectivity index (χ1v) is 9.55. The number of rotatable bonds is 5. The fourth-order valence-electron chi connectivity index (χ4n) is 3.10. The highest BCUT2D eigenvalue weighted by Crippen LogP contribution is 2.36. The number of nitrogens with one attached hydrogen (secondary N) is 1. The third kappa shape index (κ3) is 4.41. The van der Waals surface area contributed by atoms with Crippen LogP contribution in [0.3, 0.4) is 0 Å². The fraction of sp³-hybridized carbons (Fsp3) is 0.130. The predicted octanol–water partition coefficient (Wildman–Crippen LogP) is 4.79. The maximum atomic E-state index is 13.0. The Labute approximate surface area is 173 Å². The van der Waals surface area contributed by atoms with Crippen molar-refractivity contribution in [3.8, 4) is 11.5 Å². The number of hydrogen-bond acceptors (Lipinski definition) is 4. The van der Waals surface area contributed by atoms with Gasteiger partial charge in [-0.1, -0.05) is 41.9 Å². The third-order valence-electron chi connectivity index (χ3n) is 4.54. The minimum absolute atomic E-state index is 0.125. The Morgan fingerprint density at radius 1 is 0.897 bits per heavy atom. The molecule has 0 spiro atoms. The lowest BCUT2D eigenvalue weighted by Gasteiger charge is -2.21. The second-order valence-electron chi connectivity index (χ2n) is 6.59. The number of ketones is 1. The summed E-state index contributed by atoms with van der Waals surface area (Å²) in [6.45, 7) is 0.824. The van der Waals surface area contributed by atoms with Crippen molar-refractivity contribution in [3.05, 3.63) is 88.4 Å². The van der Waals surface area contributed by atoms with Gasteiger partial charge in [0.25, 0.3) is 5.91 Å². The van der Waals surface area contributed by atoms with Gasteiger partial charge in [-0.25, -0.2) is 0 Å². The summed E-state index contributed by atoms with van der Waals surface area (Å²) in [5.74, 6) is 0.530. The van der Waals surface area contributed by atoms with Gasteiger partial charge in [0.1, 0.15) is 13.2 Å². The van der Waals surface area contributed by atoms with Gasteiger partial charge in [0.15, 0.2) is 17.3 Å². The zero-order chi connectivity index (χ0) is 20.2. The molecule has 29 heavy (non-hydrogen) atoms. The second-order valence-corrected chi connectivity index (χ2v) is 7.02. The van der Waals surface area contributed by atoms with E-state index in [-0.39, 0.29) is 18.1 Å². The van der Waals surface area contributed by atoms with Gasteiger partial charge in [0.05, 0.1) is 5.69 Å². The van der Waals surface area contributed by atoms with Crippen molar-refractivity contribution < 1.29 is 19.1 Å². The SMILES string of the molecule is O=C(Nc1cc2c(cc1C(=O)Cc1ccccc1)OCCO2)c1ccc(Cl)cc1. The summed E-state index contributed by atoms with van der Waals surface area (Å²) >= 11 is 5.89. The monoisotopic (exact) mass is 407 g/mol. The molecule has 0 radical (unpaired) electrons. The molecule has 146 valence electrons. The van der Waals surface area contributed by atoms with E-state index in [1.54, 1.807) is 36.4 Å². The number of carbonyl (C=O) groups is 2. The quantitative estimate of drug-likeness (QED) is 0.617. The first kappa shape index (κ1) is 19.0. The molecule has 0 fully saturated rings. The van der Waals surface area contributed by atoms with Crippen LogP contribution >= 0.6 is 11.6 Å². The molecule has 0 bridgehead atoms. The van der Waals surface area contributed by atoms with Gasteiger partial charge in [0.2, 0.25) is 0 Å². The van der Waals surface area contributed by atoms with Crippen LogP contribution in [-0.2, 0) is 6.42 Å². The molecule has 4 rings (SSSR count). The smallest absolute Gasteiger partial charge is 0.255 e. The van der Waals surface area contributed by atoms with Gasteiger partial charge in [0, 0.05) is 28.6 Å². The number of ether oxygens (including phenoxy) is 2. The third-order valence-corrected chi connectivity index (χ3v) is 4.80. The molecule has 0 aromatic heterocycles. The largest absolute Gasteiger partial charge is 0.486 e. The molecule has 1 heterocycles. The van der Waals surface area contributed by atoms with Crippen molar-refractivity contribution in [2.75, 3.05) is 18.5 Å². The number of carbonyl (C=O) groups excluding carboxylic acids is 2. The summed E-state index contributed by atoms with van der Waals surface area (Å²) in [7, 11) is 0. The molecule has 0 aliphatic carbocycles. The Morgan fingerprint density at radius 3 is 2.24 bits per heavy atom. The van der Waals surface area contributed by atoms with Crippen LogP contribution in [-0.4, -0.2) is 24.9 Å². The summed E-state index contributed by atoms with van der Waals surface area (Å²) in [6.07, 6.45) is 0.213. The van der Waals surface area contributed by atoms with Crippen LogP contribution < -0.4 is 14.8 Å². The van der Waals surface area contributed by atoms with E-state index in [9.17, 15) is 9.59 Å². The van der Waals surface area contributed by atoms with E-state index >= 15 is 0 Å². The Kier molecular flexibility index (Phi) is 5.49. The van der Waals surface area contributed by atoms with Crippen LogP contribution in [0.1, 0.15) is 26.3 Å². The van der Waals surface area contributed by atoms with E-state index in [4.69, 9.17) is 21.1 Å². The molecule has 3 aromatic rings. The van der Waals surface area contributed by atoms with E-state index in [0.29, 0.717) is 46.5 Å². The average molecular weight is 408 g/mol. The van der Waals surface area contributed by atoms with Gasteiger partial charge in [-0.05, 0) is 35.9 Å². The molecule has 1 aliphatic heterocycles. The molecule has 1 N–H and O–H groups in total. The number of halogens is 1. The molecule has 6 heteroatoms. The molecule has 0 saturated heterocycles. The summed E-state index contributed by atoms with van der Waals surface area (Å²) in [5, 5.41) is 3.37. The molecule has 1 aliphatic rings. The summed E-state index contributed by atoms with van der Waals surface area (Å²) in [6, 6.07) is 19.3. The maximum absolute atomic E-state index is 13.0. The zero-order valence-electron chi connectivity index (χ0n) is 15.5. The van der Waals surface area contributed by atoms with Gasteiger partial charge >= 0.3 is 0 Å². The number of Topliss-reactive ketones (excluding diaryl/α,β-unsaturated/α-hetero) is 1. The molecule has 0 unspecified atom stereocenters. The van der Waals surface area contributed by atoms with Crippen molar-refractivity contribution in [3.63, 3.8) is 0 Å². The van der Waals surface area contributed by atoms with Crippen LogP contribution in [0.15, 0.2) is 66.7 Å². The summed E-state index contributed by atoms with van der Waals surface area (Å²) in [4.78, 5) is 25.7. The van der Waals surface area contributed by atoms with E-state index in [2.05, 4.69) is 5.32 Å². The lowest BCUT2D eigenvalue weighted by molar-refractivity contribution is 0.0992. The number of fused-ring (bicyclic) bond motifs is 1. The number of amides is 1. The maximum Gasteiger partial charge on any atom is 0.255 e. The van der Waals surface area contributed by atoms with Crippen molar-refractivity contribution in [1.82, 2.24) is 0 Å². The number of hydrogen-bond donors (Lipinski definition) is 1. The zero-order valence-corrected chi connectivity index (χ0v) is 16.2. The van der Waals surface area contributed by atoms with E-state index < -0.39 is 0 Å². The number of anilines is 1. The predicted molar refractivity (Wildman–Crippen MR) is 111 cm³/mol. The molecule has 5 nitrogen and oxygen atoms in total. The number of benzene rings is 3. The fourth-order valence-corrected chi connectivity index (χ4v) is 3.22. The molecule has 0 saturated carbocycles. The van der Waals surface area contributed by atoms with Crippen LogP contribution in [0.25, 0.3) is 0 Å². The van der Waals surface area contributed by atoms with Gasteiger partial charge in [-0.3, -0.25) is 9.59 Å². The molecule has 0 atom stereocenters. The Hall–Kier alpha value is -3.31. The summed E-state index contributed by atoms with van der Waals surface area (Å²) in [5.41, 5.74) is 2.09.